The van der Waals surface area contributed by atoms with E-state index in [1.807, 2.05) is 0 Å². The minimum atomic E-state index is 0.732. The molecular formula is C13H20BN. The zero-order valence-electron chi connectivity index (χ0n) is 9.84. The number of aryl methyl sites for hydroxylation is 2. The zero-order valence-corrected chi connectivity index (χ0v) is 9.84. The van der Waals surface area contributed by atoms with Crippen LogP contribution in [-0.2, 0) is 12.8 Å². The summed E-state index contributed by atoms with van der Waals surface area (Å²) < 4.78 is 0. The highest BCUT2D eigenvalue weighted by molar-refractivity contribution is 6.08. The Balaban J connectivity index is 2.58. The van der Waals surface area contributed by atoms with Crippen LogP contribution < -0.4 is 5.32 Å². The Labute approximate surface area is 94.7 Å². The number of likely N-dealkylation sites (N-methyl/N-ethyl adjacent to an activating group) is 1. The molecule has 0 saturated heterocycles. The number of hydrogen-bond donors (Lipinski definition) is 1. The molecule has 0 unspecified atom stereocenters. The fourth-order valence-electron chi connectivity index (χ4n) is 1.76. The minimum Gasteiger partial charge on any atom is -0.317 e. The molecule has 2 radical (unpaired) electrons. The first-order valence-corrected chi connectivity index (χ1v) is 5.77. The van der Waals surface area contributed by atoms with Crippen molar-refractivity contribution in [3.05, 3.63) is 34.9 Å². The minimum absolute atomic E-state index is 0.732. The van der Waals surface area contributed by atoms with Crippen LogP contribution in [-0.4, -0.2) is 20.9 Å². The fraction of sp³-hybridized carbons (Fsp3) is 0.538. The molecule has 0 heterocycles. The molecule has 0 amide bonds. The highest BCUT2D eigenvalue weighted by Crippen LogP contribution is 2.12. The van der Waals surface area contributed by atoms with Gasteiger partial charge >= 0.3 is 0 Å². The predicted molar refractivity (Wildman–Crippen MR) is 67.7 cm³/mol. The molecule has 2 heteroatoms. The van der Waals surface area contributed by atoms with Gasteiger partial charge < -0.3 is 5.32 Å². The quantitative estimate of drug-likeness (QED) is 0.550. The lowest BCUT2D eigenvalue weighted by Crippen LogP contribution is -2.16. The van der Waals surface area contributed by atoms with E-state index in [0.29, 0.717) is 0 Å². The maximum absolute atomic E-state index is 5.54. The molecule has 1 nitrogen and oxygen atoms in total. The first kappa shape index (κ1) is 12.3. The SMILES string of the molecule is [B]CCc1ccc(CCNCC)c(C)c1. The number of rotatable bonds is 6. The van der Waals surface area contributed by atoms with Crippen molar-refractivity contribution in [2.24, 2.45) is 0 Å². The van der Waals surface area contributed by atoms with Crippen LogP contribution in [0.1, 0.15) is 23.6 Å². The van der Waals surface area contributed by atoms with Crippen molar-refractivity contribution in [3.8, 4) is 0 Å². The Bertz CT molecular complexity index is 297. The highest BCUT2D eigenvalue weighted by Gasteiger charge is 1.99. The molecule has 0 fully saturated rings. The second-order valence-corrected chi connectivity index (χ2v) is 3.90. The van der Waals surface area contributed by atoms with Crippen molar-refractivity contribution in [1.29, 1.82) is 0 Å². The average Bonchev–Trinajstić information content (AvgIpc) is 2.22. The van der Waals surface area contributed by atoms with Gasteiger partial charge in [-0.1, -0.05) is 31.4 Å². The van der Waals surface area contributed by atoms with Crippen LogP contribution in [0.3, 0.4) is 0 Å². The fourth-order valence-corrected chi connectivity index (χ4v) is 1.76. The van der Waals surface area contributed by atoms with Crippen molar-refractivity contribution < 1.29 is 0 Å². The number of nitrogens with one attached hydrogen (secondary N) is 1. The van der Waals surface area contributed by atoms with Gasteiger partial charge in [0.1, 0.15) is 0 Å². The molecule has 15 heavy (non-hydrogen) atoms. The summed E-state index contributed by atoms with van der Waals surface area (Å²) in [6.45, 7) is 6.43. The van der Waals surface area contributed by atoms with Gasteiger partial charge in [0.15, 0.2) is 0 Å². The Kier molecular flexibility index (Phi) is 5.48. The normalized spacial score (nSPS) is 10.5. The smallest absolute Gasteiger partial charge is 0.0657 e. The average molecular weight is 201 g/mol. The molecule has 0 aliphatic rings. The van der Waals surface area contributed by atoms with Gasteiger partial charge in [-0.2, -0.15) is 0 Å². The van der Waals surface area contributed by atoms with Crippen molar-refractivity contribution >= 4 is 7.85 Å². The van der Waals surface area contributed by atoms with Gasteiger partial charge in [-0.05, 0) is 49.5 Å². The summed E-state index contributed by atoms with van der Waals surface area (Å²) in [5, 5.41) is 3.34. The molecule has 0 saturated carbocycles. The summed E-state index contributed by atoms with van der Waals surface area (Å²) in [7, 11) is 5.54. The van der Waals surface area contributed by atoms with Gasteiger partial charge in [-0.15, -0.1) is 0 Å². The topological polar surface area (TPSA) is 12.0 Å². The van der Waals surface area contributed by atoms with Crippen LogP contribution in [0.2, 0.25) is 6.32 Å². The van der Waals surface area contributed by atoms with E-state index in [1.54, 1.807) is 0 Å². The van der Waals surface area contributed by atoms with E-state index >= 15 is 0 Å². The van der Waals surface area contributed by atoms with Crippen LogP contribution in [0.15, 0.2) is 18.2 Å². The lowest BCUT2D eigenvalue weighted by Gasteiger charge is -2.08. The number of benzene rings is 1. The summed E-state index contributed by atoms with van der Waals surface area (Å²) in [6.07, 6.45) is 2.83. The van der Waals surface area contributed by atoms with E-state index in [1.165, 1.54) is 16.7 Å². The monoisotopic (exact) mass is 201 g/mol. The van der Waals surface area contributed by atoms with Gasteiger partial charge in [-0.25, -0.2) is 0 Å². The van der Waals surface area contributed by atoms with Gasteiger partial charge in [0.2, 0.25) is 0 Å². The molecule has 1 aromatic carbocycles. The zero-order chi connectivity index (χ0) is 11.1. The van der Waals surface area contributed by atoms with E-state index in [-0.39, 0.29) is 0 Å². The first-order chi connectivity index (χ1) is 7.27. The van der Waals surface area contributed by atoms with Crippen molar-refractivity contribution in [2.75, 3.05) is 13.1 Å². The maximum Gasteiger partial charge on any atom is 0.0657 e. The molecule has 0 aliphatic heterocycles. The Hall–Kier alpha value is -0.755. The molecule has 0 aliphatic carbocycles. The van der Waals surface area contributed by atoms with Gasteiger partial charge in [0.25, 0.3) is 0 Å². The van der Waals surface area contributed by atoms with Crippen LogP contribution in [0.4, 0.5) is 0 Å². The van der Waals surface area contributed by atoms with Crippen LogP contribution in [0.25, 0.3) is 0 Å². The van der Waals surface area contributed by atoms with E-state index < -0.39 is 0 Å². The Morgan fingerprint density at radius 1 is 1.27 bits per heavy atom. The van der Waals surface area contributed by atoms with Crippen LogP contribution >= 0.6 is 0 Å². The molecule has 0 aromatic heterocycles. The summed E-state index contributed by atoms with van der Waals surface area (Å²) >= 11 is 0. The third-order valence-electron chi connectivity index (χ3n) is 2.66. The third-order valence-corrected chi connectivity index (χ3v) is 2.66. The Morgan fingerprint density at radius 3 is 2.67 bits per heavy atom. The van der Waals surface area contributed by atoms with Gasteiger partial charge in [-0.3, -0.25) is 0 Å². The van der Waals surface area contributed by atoms with Gasteiger partial charge in [0.05, 0.1) is 7.85 Å². The molecule has 80 valence electrons. The summed E-state index contributed by atoms with van der Waals surface area (Å²) in [5.74, 6) is 0. The molecule has 0 spiro atoms. The van der Waals surface area contributed by atoms with E-state index in [0.717, 1.165) is 32.3 Å². The Morgan fingerprint density at radius 2 is 2.07 bits per heavy atom. The standard InChI is InChI=1S/C13H20BN/c1-3-15-9-7-13-5-4-12(6-8-14)10-11(13)2/h4-5,10,15H,3,6-9H2,1-2H3. The largest absolute Gasteiger partial charge is 0.317 e. The highest BCUT2D eigenvalue weighted by atomic mass is 14.8. The van der Waals surface area contributed by atoms with Crippen molar-refractivity contribution in [1.82, 2.24) is 5.32 Å². The van der Waals surface area contributed by atoms with Crippen molar-refractivity contribution in [2.45, 2.75) is 33.0 Å². The maximum atomic E-state index is 5.54. The van der Waals surface area contributed by atoms with Crippen LogP contribution in [0.5, 0.6) is 0 Å². The first-order valence-electron chi connectivity index (χ1n) is 5.77. The van der Waals surface area contributed by atoms with E-state index in [4.69, 9.17) is 7.85 Å². The molecule has 1 rings (SSSR count). The van der Waals surface area contributed by atoms with Gasteiger partial charge in [0, 0.05) is 0 Å². The molecule has 0 atom stereocenters. The summed E-state index contributed by atoms with van der Waals surface area (Å²) in [4.78, 5) is 0. The third kappa shape index (κ3) is 4.09. The van der Waals surface area contributed by atoms with E-state index in [9.17, 15) is 0 Å². The van der Waals surface area contributed by atoms with E-state index in [2.05, 4.69) is 37.4 Å². The lowest BCUT2D eigenvalue weighted by atomic mass is 9.94. The second-order valence-electron chi connectivity index (χ2n) is 3.90. The van der Waals surface area contributed by atoms with Crippen molar-refractivity contribution in [3.63, 3.8) is 0 Å². The summed E-state index contributed by atoms with van der Waals surface area (Å²) in [6, 6.07) is 6.69. The summed E-state index contributed by atoms with van der Waals surface area (Å²) in [5.41, 5.74) is 4.18. The molecule has 0 bridgehead atoms. The molecule has 1 N–H and O–H groups in total. The second kappa shape index (κ2) is 6.68. The molecule has 1 aromatic rings. The van der Waals surface area contributed by atoms with Crippen LogP contribution in [0, 0.1) is 6.92 Å². The molecular weight excluding hydrogens is 181 g/mol. The predicted octanol–water partition coefficient (Wildman–Crippen LogP) is 2.28. The number of hydrogen-bond acceptors (Lipinski definition) is 1. The lowest BCUT2D eigenvalue weighted by molar-refractivity contribution is 0.715.